The minimum absolute atomic E-state index is 0.283. The number of fused-ring (bicyclic) bond motifs is 1. The molecule has 0 radical (unpaired) electrons. The molecule has 30 heavy (non-hydrogen) atoms. The van der Waals surface area contributed by atoms with Crippen LogP contribution in [-0.4, -0.2) is 47.7 Å². The first-order valence-electron chi connectivity index (χ1n) is 9.73. The standard InChI is InChI=1S/C21H21N5O4/c22-11-15(25-20(27)17-12-23-7-1-9-29-17)10-13-2-4-14(5-3-13)16-6-8-24-19-18(16)30-21(28)26-19/h2-6,8,15,17,23H,1,7,9-10,12H2,(H,25,27)(H,24,26,28)/t15-,17-/m0/s1. The van der Waals surface area contributed by atoms with Crippen molar-refractivity contribution in [2.75, 3.05) is 19.7 Å². The Labute approximate surface area is 172 Å². The summed E-state index contributed by atoms with van der Waals surface area (Å²) in [5, 5.41) is 15.4. The average Bonchev–Trinajstić information content (AvgIpc) is 2.96. The van der Waals surface area contributed by atoms with Crippen LogP contribution in [0.1, 0.15) is 12.0 Å². The lowest BCUT2D eigenvalue weighted by Gasteiger charge is -2.18. The second-order valence-electron chi connectivity index (χ2n) is 7.06. The molecule has 0 spiro atoms. The number of amides is 1. The molecule has 2 aromatic heterocycles. The van der Waals surface area contributed by atoms with Crippen molar-refractivity contribution in [3.8, 4) is 17.2 Å². The summed E-state index contributed by atoms with van der Waals surface area (Å²) in [6.07, 6.45) is 2.24. The van der Waals surface area contributed by atoms with Gasteiger partial charge in [-0.1, -0.05) is 24.3 Å². The van der Waals surface area contributed by atoms with Gasteiger partial charge < -0.3 is 19.8 Å². The van der Waals surface area contributed by atoms with Crippen LogP contribution in [0.3, 0.4) is 0 Å². The molecule has 9 heteroatoms. The first kappa shape index (κ1) is 19.8. The number of nitrogens with zero attached hydrogens (tertiary/aromatic N) is 2. The minimum Gasteiger partial charge on any atom is -0.405 e. The summed E-state index contributed by atoms with van der Waals surface area (Å²) in [5.41, 5.74) is 3.28. The summed E-state index contributed by atoms with van der Waals surface area (Å²) in [6.45, 7) is 1.77. The summed E-state index contributed by atoms with van der Waals surface area (Å²) in [5.74, 6) is -0.837. The van der Waals surface area contributed by atoms with Crippen LogP contribution >= 0.6 is 0 Å². The molecule has 1 fully saturated rings. The van der Waals surface area contributed by atoms with Crippen molar-refractivity contribution in [3.63, 3.8) is 0 Å². The SMILES string of the molecule is N#C[C@H](Cc1ccc(-c2ccnc3[nH]c(=O)oc23)cc1)NC(=O)[C@@H]1CNCCCO1. The van der Waals surface area contributed by atoms with Gasteiger partial charge in [-0.15, -0.1) is 0 Å². The molecule has 3 N–H and O–H groups in total. The third kappa shape index (κ3) is 4.40. The van der Waals surface area contributed by atoms with Crippen molar-refractivity contribution in [3.05, 3.63) is 52.6 Å². The lowest BCUT2D eigenvalue weighted by atomic mass is 10.0. The summed E-state index contributed by atoms with van der Waals surface area (Å²) < 4.78 is 10.7. The van der Waals surface area contributed by atoms with Crippen LogP contribution in [0.2, 0.25) is 0 Å². The normalized spacial score (nSPS) is 17.8. The van der Waals surface area contributed by atoms with E-state index in [1.54, 1.807) is 12.3 Å². The number of carbonyl (C=O) groups is 1. The van der Waals surface area contributed by atoms with Crippen LogP contribution < -0.4 is 16.4 Å². The van der Waals surface area contributed by atoms with Gasteiger partial charge in [0.25, 0.3) is 5.91 Å². The van der Waals surface area contributed by atoms with Crippen LogP contribution in [0.4, 0.5) is 0 Å². The first-order chi connectivity index (χ1) is 14.6. The van der Waals surface area contributed by atoms with E-state index >= 15 is 0 Å². The van der Waals surface area contributed by atoms with Crippen molar-refractivity contribution < 1.29 is 13.9 Å². The van der Waals surface area contributed by atoms with Crippen LogP contribution in [0, 0.1) is 11.3 Å². The third-order valence-corrected chi connectivity index (χ3v) is 4.94. The van der Waals surface area contributed by atoms with Crippen molar-refractivity contribution in [2.45, 2.75) is 25.0 Å². The van der Waals surface area contributed by atoms with Crippen molar-refractivity contribution in [2.24, 2.45) is 0 Å². The van der Waals surface area contributed by atoms with E-state index in [9.17, 15) is 14.9 Å². The van der Waals surface area contributed by atoms with Gasteiger partial charge in [0, 0.05) is 31.3 Å². The number of nitrogens with one attached hydrogen (secondary N) is 3. The molecule has 3 heterocycles. The highest BCUT2D eigenvalue weighted by Crippen LogP contribution is 2.26. The number of pyridine rings is 1. The monoisotopic (exact) mass is 407 g/mol. The number of H-pyrrole nitrogens is 1. The van der Waals surface area contributed by atoms with Crippen LogP contribution in [0.25, 0.3) is 22.4 Å². The zero-order chi connectivity index (χ0) is 20.9. The molecule has 0 saturated carbocycles. The van der Waals surface area contributed by atoms with E-state index in [-0.39, 0.29) is 5.91 Å². The highest BCUT2D eigenvalue weighted by molar-refractivity contribution is 5.87. The van der Waals surface area contributed by atoms with Gasteiger partial charge in [-0.05, 0) is 30.2 Å². The Morgan fingerprint density at radius 3 is 2.97 bits per heavy atom. The molecular formula is C21H21N5O4. The van der Waals surface area contributed by atoms with E-state index in [2.05, 4.69) is 26.7 Å². The third-order valence-electron chi connectivity index (χ3n) is 4.94. The van der Waals surface area contributed by atoms with E-state index in [0.717, 1.165) is 29.7 Å². The van der Waals surface area contributed by atoms with Gasteiger partial charge in [0.15, 0.2) is 11.2 Å². The Morgan fingerprint density at radius 1 is 1.33 bits per heavy atom. The second-order valence-corrected chi connectivity index (χ2v) is 7.06. The Kier molecular flexibility index (Phi) is 5.88. The molecule has 1 aliphatic heterocycles. The number of aromatic amines is 1. The second kappa shape index (κ2) is 8.90. The lowest BCUT2D eigenvalue weighted by molar-refractivity contribution is -0.132. The Morgan fingerprint density at radius 2 is 2.17 bits per heavy atom. The highest BCUT2D eigenvalue weighted by atomic mass is 16.5. The molecule has 9 nitrogen and oxygen atoms in total. The van der Waals surface area contributed by atoms with Gasteiger partial charge in [0.2, 0.25) is 0 Å². The zero-order valence-electron chi connectivity index (χ0n) is 16.2. The van der Waals surface area contributed by atoms with E-state index < -0.39 is 17.9 Å². The van der Waals surface area contributed by atoms with Crippen molar-refractivity contribution in [1.29, 1.82) is 5.26 Å². The predicted molar refractivity (Wildman–Crippen MR) is 109 cm³/mol. The Balaban J connectivity index is 1.45. The van der Waals surface area contributed by atoms with E-state index in [1.165, 1.54) is 0 Å². The maximum atomic E-state index is 12.4. The maximum absolute atomic E-state index is 12.4. The number of hydrogen-bond donors (Lipinski definition) is 3. The van der Waals surface area contributed by atoms with Gasteiger partial charge in [-0.3, -0.25) is 9.78 Å². The molecule has 3 aromatic rings. The number of benzene rings is 1. The molecule has 154 valence electrons. The molecule has 1 aromatic carbocycles. The first-order valence-corrected chi connectivity index (χ1v) is 9.73. The molecule has 1 amide bonds. The van der Waals surface area contributed by atoms with Gasteiger partial charge in [0.05, 0.1) is 6.07 Å². The number of hydrogen-bond acceptors (Lipinski definition) is 7. The number of ether oxygens (including phenoxy) is 1. The molecule has 4 rings (SSSR count). The summed E-state index contributed by atoms with van der Waals surface area (Å²) in [7, 11) is 0. The summed E-state index contributed by atoms with van der Waals surface area (Å²) in [6, 6.07) is 10.8. The fraction of sp³-hybridized carbons (Fsp3) is 0.333. The van der Waals surface area contributed by atoms with Gasteiger partial charge >= 0.3 is 5.76 Å². The van der Waals surface area contributed by atoms with Crippen molar-refractivity contribution >= 4 is 17.1 Å². The van der Waals surface area contributed by atoms with E-state index in [1.807, 2.05) is 24.3 Å². The number of aromatic nitrogens is 2. The molecule has 0 unspecified atom stereocenters. The fourth-order valence-corrected chi connectivity index (χ4v) is 3.42. The minimum atomic E-state index is -0.662. The predicted octanol–water partition coefficient (Wildman–Crippen LogP) is 1.11. The lowest BCUT2D eigenvalue weighted by Crippen LogP contribution is -2.46. The zero-order valence-corrected chi connectivity index (χ0v) is 16.2. The van der Waals surface area contributed by atoms with Crippen LogP contribution in [0.15, 0.2) is 45.7 Å². The Hall–Kier alpha value is -3.48. The quantitative estimate of drug-likeness (QED) is 0.577. The largest absolute Gasteiger partial charge is 0.418 e. The van der Waals surface area contributed by atoms with Gasteiger partial charge in [-0.25, -0.2) is 9.78 Å². The summed E-state index contributed by atoms with van der Waals surface area (Å²) in [4.78, 5) is 30.5. The van der Waals surface area contributed by atoms with Crippen LogP contribution in [0.5, 0.6) is 0 Å². The molecule has 1 saturated heterocycles. The number of rotatable bonds is 5. The van der Waals surface area contributed by atoms with Gasteiger partial charge in [-0.2, -0.15) is 5.26 Å². The van der Waals surface area contributed by atoms with Gasteiger partial charge in [0.1, 0.15) is 12.1 Å². The molecule has 1 aliphatic rings. The maximum Gasteiger partial charge on any atom is 0.418 e. The Bertz CT molecular complexity index is 1120. The highest BCUT2D eigenvalue weighted by Gasteiger charge is 2.23. The number of nitriles is 1. The van der Waals surface area contributed by atoms with E-state index in [4.69, 9.17) is 9.15 Å². The smallest absolute Gasteiger partial charge is 0.405 e. The number of carbonyl (C=O) groups excluding carboxylic acids is 1. The molecule has 0 aliphatic carbocycles. The van der Waals surface area contributed by atoms with Crippen molar-refractivity contribution in [1.82, 2.24) is 20.6 Å². The van der Waals surface area contributed by atoms with Crippen LogP contribution in [-0.2, 0) is 16.0 Å². The topological polar surface area (TPSA) is 133 Å². The molecular weight excluding hydrogens is 386 g/mol. The molecule has 2 atom stereocenters. The fourth-order valence-electron chi connectivity index (χ4n) is 3.42. The van der Waals surface area contributed by atoms with E-state index in [0.29, 0.717) is 30.8 Å². The number of oxazole rings is 1. The molecule has 0 bridgehead atoms. The average molecular weight is 407 g/mol. The summed E-state index contributed by atoms with van der Waals surface area (Å²) >= 11 is 0.